The Bertz CT molecular complexity index is 912. The summed E-state index contributed by atoms with van der Waals surface area (Å²) in [6, 6.07) is 3.63. The summed E-state index contributed by atoms with van der Waals surface area (Å²) in [6.07, 6.45) is 5.87. The van der Waals surface area contributed by atoms with Crippen molar-refractivity contribution in [2.75, 3.05) is 17.6 Å². The van der Waals surface area contributed by atoms with Gasteiger partial charge in [0.1, 0.15) is 11.8 Å². The van der Waals surface area contributed by atoms with Crippen molar-refractivity contribution in [1.82, 2.24) is 35.5 Å². The summed E-state index contributed by atoms with van der Waals surface area (Å²) >= 11 is 0. The second-order valence-electron chi connectivity index (χ2n) is 6.60. The van der Waals surface area contributed by atoms with E-state index in [-0.39, 0.29) is 17.7 Å². The van der Waals surface area contributed by atoms with Gasteiger partial charge in [-0.2, -0.15) is 4.98 Å². The molecule has 0 radical (unpaired) electrons. The van der Waals surface area contributed by atoms with Crippen LogP contribution in [0.2, 0.25) is 0 Å². The van der Waals surface area contributed by atoms with Gasteiger partial charge in [0.05, 0.1) is 11.1 Å². The molecular formula is C17H23N9O. The highest BCUT2D eigenvalue weighted by Gasteiger charge is 2.27. The Morgan fingerprint density at radius 1 is 1.33 bits per heavy atom. The quantitative estimate of drug-likeness (QED) is 0.467. The van der Waals surface area contributed by atoms with Gasteiger partial charge in [0.25, 0.3) is 5.91 Å². The van der Waals surface area contributed by atoms with Crippen molar-refractivity contribution in [3.8, 4) is 0 Å². The minimum Gasteiger partial charge on any atom is -0.368 e. The molecule has 0 fully saturated rings. The number of pyridine rings is 1. The maximum Gasteiger partial charge on any atom is 0.291 e. The first-order chi connectivity index (χ1) is 13.0. The SMILES string of the molecule is CCCC[C@](C)(CNC(=O)c1nc[nH]n1)Nc1nc(N)nc2cccnc12. The predicted molar refractivity (Wildman–Crippen MR) is 102 cm³/mol. The van der Waals surface area contributed by atoms with Crippen LogP contribution in [0.1, 0.15) is 43.7 Å². The number of anilines is 2. The summed E-state index contributed by atoms with van der Waals surface area (Å²) < 4.78 is 0. The number of unbranched alkanes of at least 4 members (excludes halogenated alkanes) is 1. The number of H-pyrrole nitrogens is 1. The third kappa shape index (κ3) is 4.46. The fourth-order valence-corrected chi connectivity index (χ4v) is 2.79. The topological polar surface area (TPSA) is 147 Å². The fourth-order valence-electron chi connectivity index (χ4n) is 2.79. The molecule has 0 aromatic carbocycles. The largest absolute Gasteiger partial charge is 0.368 e. The zero-order chi connectivity index (χ0) is 19.3. The van der Waals surface area contributed by atoms with Crippen LogP contribution in [-0.4, -0.2) is 48.1 Å². The predicted octanol–water partition coefficient (Wildman–Crippen LogP) is 1.52. The van der Waals surface area contributed by atoms with E-state index in [1.54, 1.807) is 12.3 Å². The number of aromatic amines is 1. The van der Waals surface area contributed by atoms with Gasteiger partial charge in [-0.3, -0.25) is 14.9 Å². The number of aromatic nitrogens is 6. The van der Waals surface area contributed by atoms with Crippen molar-refractivity contribution in [2.24, 2.45) is 0 Å². The second kappa shape index (κ2) is 7.94. The second-order valence-corrected chi connectivity index (χ2v) is 6.60. The Morgan fingerprint density at radius 2 is 2.19 bits per heavy atom. The average molecular weight is 369 g/mol. The summed E-state index contributed by atoms with van der Waals surface area (Å²) in [7, 11) is 0. The van der Waals surface area contributed by atoms with E-state index in [0.29, 0.717) is 23.4 Å². The molecule has 0 saturated heterocycles. The van der Waals surface area contributed by atoms with Crippen LogP contribution in [0.4, 0.5) is 11.8 Å². The molecule has 1 atom stereocenters. The van der Waals surface area contributed by atoms with Crippen molar-refractivity contribution in [3.05, 3.63) is 30.5 Å². The molecule has 0 bridgehead atoms. The van der Waals surface area contributed by atoms with Crippen LogP contribution in [0.25, 0.3) is 11.0 Å². The lowest BCUT2D eigenvalue weighted by Crippen LogP contribution is -2.47. The number of nitrogens with zero attached hydrogens (tertiary/aromatic N) is 5. The van der Waals surface area contributed by atoms with Crippen LogP contribution in [0, 0.1) is 0 Å². The highest BCUT2D eigenvalue weighted by atomic mass is 16.2. The molecule has 142 valence electrons. The van der Waals surface area contributed by atoms with Crippen LogP contribution in [0.3, 0.4) is 0 Å². The van der Waals surface area contributed by atoms with E-state index in [9.17, 15) is 4.79 Å². The Kier molecular flexibility index (Phi) is 5.43. The lowest BCUT2D eigenvalue weighted by atomic mass is 9.94. The van der Waals surface area contributed by atoms with E-state index in [4.69, 9.17) is 5.73 Å². The van der Waals surface area contributed by atoms with Crippen LogP contribution in [0.5, 0.6) is 0 Å². The molecular weight excluding hydrogens is 346 g/mol. The van der Waals surface area contributed by atoms with Crippen molar-refractivity contribution in [2.45, 2.75) is 38.6 Å². The molecule has 3 aromatic rings. The minimum absolute atomic E-state index is 0.103. The lowest BCUT2D eigenvalue weighted by molar-refractivity contribution is 0.0935. The Labute approximate surface area is 156 Å². The molecule has 3 heterocycles. The molecule has 0 aliphatic rings. The van der Waals surface area contributed by atoms with Crippen molar-refractivity contribution in [1.29, 1.82) is 0 Å². The number of nitrogens with two attached hydrogens (primary N) is 1. The maximum atomic E-state index is 12.2. The molecule has 27 heavy (non-hydrogen) atoms. The van der Waals surface area contributed by atoms with Gasteiger partial charge < -0.3 is 16.4 Å². The number of rotatable bonds is 8. The zero-order valence-electron chi connectivity index (χ0n) is 15.4. The van der Waals surface area contributed by atoms with Crippen molar-refractivity contribution < 1.29 is 4.79 Å². The van der Waals surface area contributed by atoms with E-state index < -0.39 is 5.54 Å². The summed E-state index contributed by atoms with van der Waals surface area (Å²) in [5.74, 6) is 0.474. The van der Waals surface area contributed by atoms with E-state index in [0.717, 1.165) is 19.3 Å². The third-order valence-corrected chi connectivity index (χ3v) is 4.23. The van der Waals surface area contributed by atoms with E-state index in [1.165, 1.54) is 6.33 Å². The number of nitrogens with one attached hydrogen (secondary N) is 3. The Balaban J connectivity index is 1.83. The molecule has 0 saturated carbocycles. The van der Waals surface area contributed by atoms with Gasteiger partial charge in [-0.1, -0.05) is 19.8 Å². The lowest BCUT2D eigenvalue weighted by Gasteiger charge is -2.32. The molecule has 0 unspecified atom stereocenters. The summed E-state index contributed by atoms with van der Waals surface area (Å²) in [5, 5.41) is 12.6. The third-order valence-electron chi connectivity index (χ3n) is 4.23. The highest BCUT2D eigenvalue weighted by molar-refractivity contribution is 5.90. The molecule has 3 rings (SSSR count). The number of nitrogen functional groups attached to an aromatic ring is 1. The molecule has 10 nitrogen and oxygen atoms in total. The fraction of sp³-hybridized carbons (Fsp3) is 0.412. The summed E-state index contributed by atoms with van der Waals surface area (Å²) in [6.45, 7) is 4.50. The highest BCUT2D eigenvalue weighted by Crippen LogP contribution is 2.25. The number of amides is 1. The van der Waals surface area contributed by atoms with Gasteiger partial charge >= 0.3 is 0 Å². The standard InChI is InChI=1S/C17H23N9O/c1-3-4-7-17(2,9-20-15(27)14-21-10-22-26-14)25-13-12-11(6-5-8-19-12)23-16(18)24-13/h5-6,8,10H,3-4,7,9H2,1-2H3,(H,20,27)(H,21,22,26)(H3,18,23,24,25)/t17-/m1/s1. The number of carbonyl (C=O) groups excluding carboxylic acids is 1. The van der Waals surface area contributed by atoms with Crippen LogP contribution >= 0.6 is 0 Å². The van der Waals surface area contributed by atoms with E-state index in [1.807, 2.05) is 13.0 Å². The summed E-state index contributed by atoms with van der Waals surface area (Å²) in [5.41, 5.74) is 6.68. The van der Waals surface area contributed by atoms with Crippen molar-refractivity contribution >= 4 is 28.7 Å². The van der Waals surface area contributed by atoms with Gasteiger partial charge in [-0.25, -0.2) is 9.97 Å². The van der Waals surface area contributed by atoms with Gasteiger partial charge in [0, 0.05) is 12.7 Å². The van der Waals surface area contributed by atoms with Crippen LogP contribution in [-0.2, 0) is 0 Å². The molecule has 0 aliphatic carbocycles. The van der Waals surface area contributed by atoms with E-state index >= 15 is 0 Å². The Morgan fingerprint density at radius 3 is 2.93 bits per heavy atom. The van der Waals surface area contributed by atoms with E-state index in [2.05, 4.69) is 47.7 Å². The number of hydrogen-bond donors (Lipinski definition) is 4. The monoisotopic (exact) mass is 369 g/mol. The van der Waals surface area contributed by atoms with Gasteiger partial charge in [0.2, 0.25) is 11.8 Å². The molecule has 1 amide bonds. The molecule has 0 aliphatic heterocycles. The average Bonchev–Trinajstić information content (AvgIpc) is 3.19. The van der Waals surface area contributed by atoms with Crippen LogP contribution in [0.15, 0.2) is 24.7 Å². The first kappa shape index (κ1) is 18.5. The smallest absolute Gasteiger partial charge is 0.291 e. The molecule has 10 heteroatoms. The first-order valence-electron chi connectivity index (χ1n) is 8.81. The molecule has 3 aromatic heterocycles. The number of carbonyl (C=O) groups is 1. The first-order valence-corrected chi connectivity index (χ1v) is 8.81. The maximum absolute atomic E-state index is 12.2. The van der Waals surface area contributed by atoms with Gasteiger partial charge in [-0.15, -0.1) is 5.10 Å². The Hall–Kier alpha value is -3.30. The molecule has 5 N–H and O–H groups in total. The molecule has 0 spiro atoms. The van der Waals surface area contributed by atoms with Gasteiger partial charge in [-0.05, 0) is 25.5 Å². The summed E-state index contributed by atoms with van der Waals surface area (Å²) in [4.78, 5) is 29.0. The van der Waals surface area contributed by atoms with Crippen LogP contribution < -0.4 is 16.4 Å². The minimum atomic E-state index is -0.465. The van der Waals surface area contributed by atoms with Crippen molar-refractivity contribution in [3.63, 3.8) is 0 Å². The number of fused-ring (bicyclic) bond motifs is 1. The normalized spacial score (nSPS) is 13.3. The number of hydrogen-bond acceptors (Lipinski definition) is 8. The van der Waals surface area contributed by atoms with Gasteiger partial charge in [0.15, 0.2) is 5.82 Å². The zero-order valence-corrected chi connectivity index (χ0v) is 15.4.